The molecule has 174 valence electrons. The van der Waals surface area contributed by atoms with E-state index in [1.807, 2.05) is 32.2 Å². The number of anilines is 3. The van der Waals surface area contributed by atoms with Gasteiger partial charge in [0.2, 0.25) is 5.95 Å². The highest BCUT2D eigenvalue weighted by Crippen LogP contribution is 2.34. The first-order valence-corrected chi connectivity index (χ1v) is 11.8. The summed E-state index contributed by atoms with van der Waals surface area (Å²) in [6.07, 6.45) is 5.18. The van der Waals surface area contributed by atoms with Gasteiger partial charge in [0.05, 0.1) is 12.3 Å². The summed E-state index contributed by atoms with van der Waals surface area (Å²) in [7, 11) is 0. The summed E-state index contributed by atoms with van der Waals surface area (Å²) in [5.74, 6) is 0.546. The molecule has 7 nitrogen and oxygen atoms in total. The number of nitrogen functional groups attached to an aromatic ring is 1. The molecule has 2 heterocycles. The maximum Gasteiger partial charge on any atom is 0.208 e. The van der Waals surface area contributed by atoms with Gasteiger partial charge in [0.25, 0.3) is 0 Å². The Kier molecular flexibility index (Phi) is 8.37. The Morgan fingerprint density at radius 3 is 2.73 bits per heavy atom. The molecule has 0 aliphatic heterocycles. The van der Waals surface area contributed by atoms with Crippen molar-refractivity contribution in [3.05, 3.63) is 70.8 Å². The summed E-state index contributed by atoms with van der Waals surface area (Å²) in [6.45, 7) is 4.64. The minimum absolute atomic E-state index is 0.0144. The van der Waals surface area contributed by atoms with E-state index in [1.54, 1.807) is 41.1 Å². The van der Waals surface area contributed by atoms with Gasteiger partial charge in [0, 0.05) is 35.8 Å². The first-order valence-electron chi connectivity index (χ1n) is 10.2. The van der Waals surface area contributed by atoms with Crippen LogP contribution in [0.4, 0.5) is 21.8 Å². The van der Waals surface area contributed by atoms with Crippen LogP contribution in [-0.2, 0) is 6.61 Å². The zero-order valence-corrected chi connectivity index (χ0v) is 20.1. The van der Waals surface area contributed by atoms with E-state index in [9.17, 15) is 4.39 Å². The lowest BCUT2D eigenvalue weighted by molar-refractivity contribution is 0.282. The average Bonchev–Trinajstić information content (AvgIpc) is 3.17. The van der Waals surface area contributed by atoms with E-state index in [1.165, 1.54) is 11.9 Å². The molecule has 2 aromatic carbocycles. The van der Waals surface area contributed by atoms with Crippen molar-refractivity contribution in [3.8, 4) is 11.3 Å². The first kappa shape index (κ1) is 24.6. The number of nitrogens with zero attached hydrogens (tertiary/aromatic N) is 3. The zero-order chi connectivity index (χ0) is 24.0. The van der Waals surface area contributed by atoms with Crippen molar-refractivity contribution in [2.45, 2.75) is 20.5 Å². The van der Waals surface area contributed by atoms with Gasteiger partial charge in [-0.3, -0.25) is 4.40 Å². The number of rotatable bonds is 6. The van der Waals surface area contributed by atoms with Crippen LogP contribution in [0.15, 0.2) is 48.8 Å². The highest BCUT2D eigenvalue weighted by atomic mass is 35.5. The standard InChI is InChI=1S/C15H17FN6S.C8H9ClO/c1-3-18-15-20-12(13-14(17)19-7-8-22(13)15)9-5-4-6-10(11(9)16)21-23-2;1-6-2-3-8(9)7(4-6)5-10/h4-8,21H,3H2,1-2H3,(H2,17,19)(H,18,20);2-4,10H,5H2,1H3. The number of fused-ring (bicyclic) bond motifs is 1. The number of hydrogen-bond donors (Lipinski definition) is 4. The molecule has 0 saturated carbocycles. The third-order valence-electron chi connectivity index (χ3n) is 4.76. The van der Waals surface area contributed by atoms with Gasteiger partial charge in [-0.25, -0.2) is 14.4 Å². The van der Waals surface area contributed by atoms with Gasteiger partial charge < -0.3 is 20.9 Å². The van der Waals surface area contributed by atoms with E-state index >= 15 is 0 Å². The van der Waals surface area contributed by atoms with Crippen LogP contribution in [0.5, 0.6) is 0 Å². The van der Waals surface area contributed by atoms with Crippen LogP contribution in [0.1, 0.15) is 18.1 Å². The maximum absolute atomic E-state index is 14.8. The Bertz CT molecular complexity index is 1250. The van der Waals surface area contributed by atoms with E-state index in [0.717, 1.165) is 11.1 Å². The molecule has 10 heteroatoms. The SMILES string of the molecule is CCNc1nc(-c2cccc(NSC)c2F)c2c(N)nccn12.Cc1ccc(Cl)c(CO)c1. The molecule has 33 heavy (non-hydrogen) atoms. The smallest absolute Gasteiger partial charge is 0.208 e. The van der Waals surface area contributed by atoms with Gasteiger partial charge in [0.15, 0.2) is 5.82 Å². The number of benzene rings is 2. The van der Waals surface area contributed by atoms with Crippen molar-refractivity contribution in [2.24, 2.45) is 0 Å². The number of aromatic nitrogens is 3. The van der Waals surface area contributed by atoms with Crippen molar-refractivity contribution in [2.75, 3.05) is 28.6 Å². The number of hydrogen-bond acceptors (Lipinski definition) is 7. The molecule has 4 aromatic rings. The lowest BCUT2D eigenvalue weighted by atomic mass is 10.1. The molecule has 0 bridgehead atoms. The second kappa shape index (κ2) is 11.2. The minimum atomic E-state index is -0.367. The molecule has 0 amide bonds. The van der Waals surface area contributed by atoms with Crippen LogP contribution >= 0.6 is 23.5 Å². The Morgan fingerprint density at radius 2 is 2.06 bits per heavy atom. The summed E-state index contributed by atoms with van der Waals surface area (Å²) >= 11 is 7.06. The molecular weight excluding hydrogens is 463 g/mol. The topological polar surface area (TPSA) is 100 Å². The highest BCUT2D eigenvalue weighted by Gasteiger charge is 2.19. The minimum Gasteiger partial charge on any atom is -0.392 e. The van der Waals surface area contributed by atoms with E-state index in [2.05, 4.69) is 20.0 Å². The summed E-state index contributed by atoms with van der Waals surface area (Å²) in [4.78, 5) is 8.63. The Balaban J connectivity index is 0.000000257. The summed E-state index contributed by atoms with van der Waals surface area (Å²) in [6, 6.07) is 10.7. The van der Waals surface area contributed by atoms with Crippen LogP contribution in [0.2, 0.25) is 5.02 Å². The summed E-state index contributed by atoms with van der Waals surface area (Å²) in [5.41, 5.74) is 9.76. The zero-order valence-electron chi connectivity index (χ0n) is 18.6. The number of aliphatic hydroxyl groups is 1. The predicted molar refractivity (Wildman–Crippen MR) is 136 cm³/mol. The van der Waals surface area contributed by atoms with Crippen molar-refractivity contribution in [1.82, 2.24) is 14.4 Å². The van der Waals surface area contributed by atoms with E-state index in [-0.39, 0.29) is 12.4 Å². The highest BCUT2D eigenvalue weighted by molar-refractivity contribution is 7.99. The number of nitrogens with one attached hydrogen (secondary N) is 2. The molecular formula is C23H26ClFN6OS. The molecule has 0 aliphatic carbocycles. The summed E-state index contributed by atoms with van der Waals surface area (Å²) in [5, 5.41) is 12.5. The van der Waals surface area contributed by atoms with E-state index in [4.69, 9.17) is 22.4 Å². The summed E-state index contributed by atoms with van der Waals surface area (Å²) < 4.78 is 19.5. The molecule has 0 unspecified atom stereocenters. The maximum atomic E-state index is 14.8. The van der Waals surface area contributed by atoms with Gasteiger partial charge in [-0.05, 0) is 37.6 Å². The van der Waals surface area contributed by atoms with Crippen LogP contribution in [0, 0.1) is 12.7 Å². The van der Waals surface area contributed by atoms with Crippen LogP contribution in [0.3, 0.4) is 0 Å². The number of halogens is 2. The van der Waals surface area contributed by atoms with Crippen LogP contribution in [-0.4, -0.2) is 32.3 Å². The third-order valence-corrected chi connectivity index (χ3v) is 5.55. The van der Waals surface area contributed by atoms with E-state index in [0.29, 0.717) is 45.8 Å². The van der Waals surface area contributed by atoms with Crippen molar-refractivity contribution in [1.29, 1.82) is 0 Å². The van der Waals surface area contributed by atoms with E-state index < -0.39 is 0 Å². The lowest BCUT2D eigenvalue weighted by Crippen LogP contribution is -2.02. The number of aryl methyl sites for hydroxylation is 1. The van der Waals surface area contributed by atoms with Crippen LogP contribution in [0.25, 0.3) is 16.8 Å². The quantitative estimate of drug-likeness (QED) is 0.270. The molecule has 0 atom stereocenters. The number of aliphatic hydroxyl groups excluding tert-OH is 1. The fourth-order valence-electron chi connectivity index (χ4n) is 3.26. The second-order valence-corrected chi connectivity index (χ2v) is 8.09. The normalized spacial score (nSPS) is 10.6. The average molecular weight is 489 g/mol. The molecule has 0 radical (unpaired) electrons. The second-order valence-electron chi connectivity index (χ2n) is 7.07. The van der Waals surface area contributed by atoms with Gasteiger partial charge in [0.1, 0.15) is 17.0 Å². The Hall–Kier alpha value is -3.01. The Labute approximate surface area is 201 Å². The molecule has 0 spiro atoms. The Morgan fingerprint density at radius 1 is 1.27 bits per heavy atom. The van der Waals surface area contributed by atoms with Gasteiger partial charge in [-0.2, -0.15) is 0 Å². The monoisotopic (exact) mass is 488 g/mol. The van der Waals surface area contributed by atoms with Gasteiger partial charge in [-0.1, -0.05) is 47.3 Å². The predicted octanol–water partition coefficient (Wildman–Crippen LogP) is 5.38. The van der Waals surface area contributed by atoms with Gasteiger partial charge >= 0.3 is 0 Å². The van der Waals surface area contributed by atoms with Crippen molar-refractivity contribution >= 4 is 46.5 Å². The lowest BCUT2D eigenvalue weighted by Gasteiger charge is -2.08. The largest absolute Gasteiger partial charge is 0.392 e. The molecule has 5 N–H and O–H groups in total. The van der Waals surface area contributed by atoms with Crippen molar-refractivity contribution in [3.63, 3.8) is 0 Å². The first-order chi connectivity index (χ1) is 15.9. The number of imidazole rings is 1. The number of nitrogens with two attached hydrogens (primary N) is 1. The molecule has 0 saturated heterocycles. The molecule has 0 fully saturated rings. The molecule has 4 rings (SSSR count). The van der Waals surface area contributed by atoms with Crippen LogP contribution < -0.4 is 15.8 Å². The van der Waals surface area contributed by atoms with Gasteiger partial charge in [-0.15, -0.1) is 0 Å². The third kappa shape index (κ3) is 5.50. The fourth-order valence-corrected chi connectivity index (χ4v) is 3.82. The fraction of sp³-hybridized carbons (Fsp3) is 0.217. The molecule has 0 aliphatic rings. The van der Waals surface area contributed by atoms with Crippen molar-refractivity contribution < 1.29 is 9.50 Å². The molecule has 2 aromatic heterocycles.